The molecule has 0 radical (unpaired) electrons. The molecule has 3 aromatic rings. The van der Waals surface area contributed by atoms with Gasteiger partial charge in [-0.2, -0.15) is 0 Å². The lowest BCUT2D eigenvalue weighted by Gasteiger charge is -2.13. The number of nitro groups is 1. The Labute approximate surface area is 127 Å². The monoisotopic (exact) mass is 296 g/mol. The lowest BCUT2D eigenvalue weighted by atomic mass is 9.95. The molecule has 112 valence electrons. The van der Waals surface area contributed by atoms with Gasteiger partial charge in [0.1, 0.15) is 5.75 Å². The number of fused-ring (bicyclic) bond motifs is 1. The molecule has 0 bridgehead atoms. The first kappa shape index (κ1) is 14.1. The molecule has 1 heterocycles. The highest BCUT2D eigenvalue weighted by molar-refractivity contribution is 5.80. The number of benzene rings is 2. The maximum Gasteiger partial charge on any atom is 0.216 e. The molecule has 0 aliphatic carbocycles. The maximum atomic E-state index is 11.1. The molecule has 22 heavy (non-hydrogen) atoms. The minimum atomic E-state index is -0.336. The van der Waals surface area contributed by atoms with Gasteiger partial charge in [-0.3, -0.25) is 10.1 Å². The molecular weight excluding hydrogens is 280 g/mol. The van der Waals surface area contributed by atoms with Gasteiger partial charge in [-0.1, -0.05) is 30.3 Å². The summed E-state index contributed by atoms with van der Waals surface area (Å²) in [4.78, 5) is 14.1. The van der Waals surface area contributed by atoms with Gasteiger partial charge in [0, 0.05) is 16.1 Å². The molecular formula is C17H16N2O3. The summed E-state index contributed by atoms with van der Waals surface area (Å²) >= 11 is 0. The number of H-pyrrole nitrogens is 1. The fraction of sp³-hybridized carbons (Fsp3) is 0.176. The summed E-state index contributed by atoms with van der Waals surface area (Å²) in [6, 6.07) is 17.2. The van der Waals surface area contributed by atoms with Crippen LogP contribution in [0.5, 0.6) is 5.75 Å². The van der Waals surface area contributed by atoms with Crippen LogP contribution >= 0.6 is 0 Å². The summed E-state index contributed by atoms with van der Waals surface area (Å²) in [5, 5.41) is 12.1. The van der Waals surface area contributed by atoms with E-state index in [1.165, 1.54) is 0 Å². The second-order valence-corrected chi connectivity index (χ2v) is 5.16. The zero-order valence-corrected chi connectivity index (χ0v) is 12.2. The van der Waals surface area contributed by atoms with Crippen molar-refractivity contribution < 1.29 is 9.66 Å². The zero-order chi connectivity index (χ0) is 15.5. The third kappa shape index (κ3) is 2.79. The van der Waals surface area contributed by atoms with Gasteiger partial charge in [0.2, 0.25) is 6.54 Å². The van der Waals surface area contributed by atoms with Crippen molar-refractivity contribution in [3.63, 3.8) is 0 Å². The fourth-order valence-electron chi connectivity index (χ4n) is 2.67. The number of methoxy groups -OCH3 is 1. The summed E-state index contributed by atoms with van der Waals surface area (Å²) < 4.78 is 5.22. The standard InChI is InChI=1S/C17H16N2O3/c1-22-14-7-4-6-12(9-14)15(11-19(20)21)17-10-13-5-2-3-8-16(13)18-17/h2-10,15,18H,11H2,1H3/t15-/m1/s1. The SMILES string of the molecule is COc1cccc([C@@H](C[N+](=O)[O-])c2cc3ccccc3[nH]2)c1. The second-order valence-electron chi connectivity index (χ2n) is 5.16. The summed E-state index contributed by atoms with van der Waals surface area (Å²) in [5.74, 6) is 0.361. The van der Waals surface area contributed by atoms with E-state index in [0.29, 0.717) is 5.75 Å². The van der Waals surface area contributed by atoms with E-state index in [-0.39, 0.29) is 17.4 Å². The second kappa shape index (κ2) is 5.89. The number of rotatable bonds is 5. The first-order chi connectivity index (χ1) is 10.7. The number of para-hydroxylation sites is 1. The Morgan fingerprint density at radius 3 is 2.73 bits per heavy atom. The van der Waals surface area contributed by atoms with Crippen molar-refractivity contribution in [3.8, 4) is 5.75 Å². The molecule has 3 rings (SSSR count). The number of ether oxygens (including phenoxy) is 1. The summed E-state index contributed by atoms with van der Waals surface area (Å²) in [6.45, 7) is -0.167. The predicted molar refractivity (Wildman–Crippen MR) is 85.0 cm³/mol. The molecule has 1 atom stereocenters. The topological polar surface area (TPSA) is 68.2 Å². The molecule has 0 aliphatic heterocycles. The molecule has 5 heteroatoms. The van der Waals surface area contributed by atoms with Gasteiger partial charge in [0.25, 0.3) is 0 Å². The first-order valence-electron chi connectivity index (χ1n) is 7.01. The van der Waals surface area contributed by atoms with E-state index in [1.807, 2.05) is 54.6 Å². The van der Waals surface area contributed by atoms with E-state index in [4.69, 9.17) is 4.74 Å². The highest BCUT2D eigenvalue weighted by atomic mass is 16.6. The van der Waals surface area contributed by atoms with E-state index in [1.54, 1.807) is 7.11 Å². The number of aromatic nitrogens is 1. The molecule has 0 fully saturated rings. The van der Waals surface area contributed by atoms with Crippen LogP contribution in [0.1, 0.15) is 17.2 Å². The number of nitrogens with zero attached hydrogens (tertiary/aromatic N) is 1. The van der Waals surface area contributed by atoms with Crippen LogP contribution in [0.2, 0.25) is 0 Å². The Morgan fingerprint density at radius 1 is 1.18 bits per heavy atom. The molecule has 0 aliphatic rings. The molecule has 2 aromatic carbocycles. The Balaban J connectivity index is 2.06. The molecule has 1 aromatic heterocycles. The van der Waals surface area contributed by atoms with Crippen LogP contribution in [-0.4, -0.2) is 23.6 Å². The van der Waals surface area contributed by atoms with Gasteiger partial charge < -0.3 is 9.72 Å². The minimum Gasteiger partial charge on any atom is -0.497 e. The summed E-state index contributed by atoms with van der Waals surface area (Å²) in [6.07, 6.45) is 0. The summed E-state index contributed by atoms with van der Waals surface area (Å²) in [7, 11) is 1.59. The minimum absolute atomic E-state index is 0.167. The largest absolute Gasteiger partial charge is 0.497 e. The van der Waals surface area contributed by atoms with Gasteiger partial charge in [0.05, 0.1) is 13.0 Å². The average Bonchev–Trinajstić information content (AvgIpc) is 2.96. The number of hydrogen-bond donors (Lipinski definition) is 1. The zero-order valence-electron chi connectivity index (χ0n) is 12.2. The predicted octanol–water partition coefficient (Wildman–Crippen LogP) is 3.59. The van der Waals surface area contributed by atoms with Crippen LogP contribution in [0.15, 0.2) is 54.6 Å². The highest BCUT2D eigenvalue weighted by Crippen LogP contribution is 2.29. The average molecular weight is 296 g/mol. The smallest absolute Gasteiger partial charge is 0.216 e. The Hall–Kier alpha value is -2.82. The van der Waals surface area contributed by atoms with Gasteiger partial charge in [0.15, 0.2) is 0 Å². The molecule has 0 spiro atoms. The van der Waals surface area contributed by atoms with Gasteiger partial charge >= 0.3 is 0 Å². The lowest BCUT2D eigenvalue weighted by Crippen LogP contribution is -2.14. The Bertz CT molecular complexity index is 777. The lowest BCUT2D eigenvalue weighted by molar-refractivity contribution is -0.481. The van der Waals surface area contributed by atoms with Crippen LogP contribution in [0.3, 0.4) is 0 Å². The van der Waals surface area contributed by atoms with E-state index in [0.717, 1.165) is 22.2 Å². The third-order valence-electron chi connectivity index (χ3n) is 3.75. The van der Waals surface area contributed by atoms with E-state index >= 15 is 0 Å². The van der Waals surface area contributed by atoms with Crippen LogP contribution in [-0.2, 0) is 0 Å². The molecule has 0 saturated carbocycles. The van der Waals surface area contributed by atoms with Crippen molar-refractivity contribution in [1.82, 2.24) is 4.98 Å². The number of hydrogen-bond acceptors (Lipinski definition) is 3. The molecule has 0 amide bonds. The van der Waals surface area contributed by atoms with Crippen LogP contribution < -0.4 is 4.74 Å². The van der Waals surface area contributed by atoms with E-state index in [9.17, 15) is 10.1 Å². The van der Waals surface area contributed by atoms with Gasteiger partial charge in [-0.05, 0) is 35.2 Å². The van der Waals surface area contributed by atoms with Crippen molar-refractivity contribution in [3.05, 3.63) is 76.0 Å². The Kier molecular flexibility index (Phi) is 3.78. The van der Waals surface area contributed by atoms with Gasteiger partial charge in [-0.15, -0.1) is 0 Å². The van der Waals surface area contributed by atoms with Crippen molar-refractivity contribution >= 4 is 10.9 Å². The molecule has 0 unspecified atom stereocenters. The summed E-state index contributed by atoms with van der Waals surface area (Å²) in [5.41, 5.74) is 2.68. The molecule has 5 nitrogen and oxygen atoms in total. The normalized spacial score (nSPS) is 12.2. The fourth-order valence-corrected chi connectivity index (χ4v) is 2.67. The maximum absolute atomic E-state index is 11.1. The highest BCUT2D eigenvalue weighted by Gasteiger charge is 2.22. The number of nitrogens with one attached hydrogen (secondary N) is 1. The van der Waals surface area contributed by atoms with Crippen LogP contribution in [0, 0.1) is 10.1 Å². The van der Waals surface area contributed by atoms with Crippen molar-refractivity contribution in [2.24, 2.45) is 0 Å². The Morgan fingerprint density at radius 2 is 2.00 bits per heavy atom. The van der Waals surface area contributed by atoms with Crippen molar-refractivity contribution in [2.45, 2.75) is 5.92 Å². The molecule has 1 N–H and O–H groups in total. The van der Waals surface area contributed by atoms with E-state index < -0.39 is 0 Å². The van der Waals surface area contributed by atoms with Gasteiger partial charge in [-0.25, -0.2) is 0 Å². The van der Waals surface area contributed by atoms with Crippen molar-refractivity contribution in [1.29, 1.82) is 0 Å². The van der Waals surface area contributed by atoms with E-state index in [2.05, 4.69) is 4.98 Å². The van der Waals surface area contributed by atoms with Crippen LogP contribution in [0.25, 0.3) is 10.9 Å². The molecule has 0 saturated heterocycles. The van der Waals surface area contributed by atoms with Crippen molar-refractivity contribution in [2.75, 3.05) is 13.7 Å². The quantitative estimate of drug-likeness (QED) is 0.578. The first-order valence-corrected chi connectivity index (χ1v) is 7.01. The third-order valence-corrected chi connectivity index (χ3v) is 3.75. The number of aromatic amines is 1. The van der Waals surface area contributed by atoms with Crippen LogP contribution in [0.4, 0.5) is 0 Å².